The third kappa shape index (κ3) is 4.31. The highest BCUT2D eigenvalue weighted by Crippen LogP contribution is 2.11. The largest absolute Gasteiger partial charge is 0.351 e. The number of rotatable bonds is 6. The molecule has 3 N–H and O–H groups in total. The van der Waals surface area contributed by atoms with E-state index in [9.17, 15) is 9.59 Å². The predicted octanol–water partition coefficient (Wildman–Crippen LogP) is 1.99. The Morgan fingerprint density at radius 3 is 2.11 bits per heavy atom. The zero-order valence-electron chi connectivity index (χ0n) is 10.6. The van der Waals surface area contributed by atoms with Gasteiger partial charge >= 0.3 is 6.03 Å². The van der Waals surface area contributed by atoms with E-state index in [1.807, 2.05) is 0 Å². The van der Waals surface area contributed by atoms with Crippen LogP contribution in [-0.4, -0.2) is 29.9 Å². The Bertz CT molecular complexity index is 470. The van der Waals surface area contributed by atoms with E-state index in [1.54, 1.807) is 41.3 Å². The van der Waals surface area contributed by atoms with E-state index in [4.69, 9.17) is 5.73 Å². The van der Waals surface area contributed by atoms with E-state index in [0.717, 1.165) is 0 Å². The van der Waals surface area contributed by atoms with Gasteiger partial charge in [-0.15, -0.1) is 13.2 Å². The molecule has 100 valence electrons. The fourth-order valence-electron chi connectivity index (χ4n) is 1.57. The van der Waals surface area contributed by atoms with Gasteiger partial charge < -0.3 is 16.0 Å². The highest BCUT2D eigenvalue weighted by Gasteiger charge is 2.12. The summed E-state index contributed by atoms with van der Waals surface area (Å²) in [6, 6.07) is 5.87. The third-order valence-corrected chi connectivity index (χ3v) is 2.39. The lowest BCUT2D eigenvalue weighted by atomic mass is 10.1. The van der Waals surface area contributed by atoms with Gasteiger partial charge in [0.25, 0.3) is 5.91 Å². The number of hydrogen-bond donors (Lipinski definition) is 2. The van der Waals surface area contributed by atoms with Crippen molar-refractivity contribution >= 4 is 17.6 Å². The average molecular weight is 259 g/mol. The molecule has 1 aromatic rings. The van der Waals surface area contributed by atoms with Gasteiger partial charge in [0.05, 0.1) is 0 Å². The summed E-state index contributed by atoms with van der Waals surface area (Å²) >= 11 is 0. The molecule has 0 aliphatic heterocycles. The monoisotopic (exact) mass is 259 g/mol. The minimum absolute atomic E-state index is 0.120. The Labute approximate surface area is 112 Å². The van der Waals surface area contributed by atoms with Crippen molar-refractivity contribution in [2.45, 2.75) is 0 Å². The van der Waals surface area contributed by atoms with Crippen LogP contribution in [0, 0.1) is 0 Å². The van der Waals surface area contributed by atoms with Gasteiger partial charge in [-0.05, 0) is 24.3 Å². The van der Waals surface area contributed by atoms with Crippen molar-refractivity contribution in [2.24, 2.45) is 5.73 Å². The average Bonchev–Trinajstić information content (AvgIpc) is 2.38. The van der Waals surface area contributed by atoms with E-state index in [1.165, 1.54) is 0 Å². The van der Waals surface area contributed by atoms with Crippen molar-refractivity contribution in [3.05, 3.63) is 55.1 Å². The first-order chi connectivity index (χ1) is 9.08. The number of nitrogens with two attached hydrogens (primary N) is 1. The highest BCUT2D eigenvalue weighted by molar-refractivity contribution is 5.95. The molecule has 0 bridgehead atoms. The Morgan fingerprint density at radius 1 is 1.16 bits per heavy atom. The summed E-state index contributed by atoms with van der Waals surface area (Å²) in [5, 5.41) is 2.43. The maximum absolute atomic E-state index is 12.2. The second kappa shape index (κ2) is 7.00. The smallest absolute Gasteiger partial charge is 0.316 e. The van der Waals surface area contributed by atoms with Gasteiger partial charge in [-0.25, -0.2) is 4.79 Å². The molecular formula is C14H17N3O2. The maximum Gasteiger partial charge on any atom is 0.316 e. The Kier molecular flexibility index (Phi) is 5.35. The van der Waals surface area contributed by atoms with Crippen LogP contribution in [0.4, 0.5) is 10.5 Å². The molecule has 0 aromatic heterocycles. The minimum Gasteiger partial charge on any atom is -0.351 e. The number of primary amides is 1. The van der Waals surface area contributed by atoms with Crippen molar-refractivity contribution in [3.63, 3.8) is 0 Å². The SMILES string of the molecule is C=CCN(CC=C)C(=O)c1ccc(NC(N)=O)cc1. The van der Waals surface area contributed by atoms with E-state index in [0.29, 0.717) is 24.3 Å². The minimum atomic E-state index is -0.640. The lowest BCUT2D eigenvalue weighted by molar-refractivity contribution is 0.0791. The number of urea groups is 1. The van der Waals surface area contributed by atoms with Gasteiger partial charge in [-0.3, -0.25) is 4.79 Å². The molecule has 1 rings (SSSR count). The molecule has 0 saturated heterocycles. The standard InChI is InChI=1S/C14H17N3O2/c1-3-9-17(10-4-2)13(18)11-5-7-12(8-6-11)16-14(15)19/h3-8H,1-2,9-10H2,(H3,15,16,19). The molecule has 3 amide bonds. The Morgan fingerprint density at radius 2 is 1.68 bits per heavy atom. The molecule has 5 nitrogen and oxygen atoms in total. The number of amides is 3. The molecule has 0 unspecified atom stereocenters. The molecule has 0 heterocycles. The summed E-state index contributed by atoms with van der Waals surface area (Å²) in [6.45, 7) is 8.13. The zero-order valence-corrected chi connectivity index (χ0v) is 10.6. The number of benzene rings is 1. The molecule has 0 fully saturated rings. The van der Waals surface area contributed by atoms with E-state index < -0.39 is 6.03 Å². The molecule has 0 spiro atoms. The van der Waals surface area contributed by atoms with Gasteiger partial charge in [0.2, 0.25) is 0 Å². The quantitative estimate of drug-likeness (QED) is 0.766. The molecule has 19 heavy (non-hydrogen) atoms. The number of hydrogen-bond acceptors (Lipinski definition) is 2. The molecule has 5 heteroatoms. The summed E-state index contributed by atoms with van der Waals surface area (Å²) in [6.07, 6.45) is 3.31. The highest BCUT2D eigenvalue weighted by atomic mass is 16.2. The van der Waals surface area contributed by atoms with Crippen molar-refractivity contribution in [1.29, 1.82) is 0 Å². The van der Waals surface area contributed by atoms with Crippen LogP contribution in [0.2, 0.25) is 0 Å². The number of carbonyl (C=O) groups is 2. The van der Waals surface area contributed by atoms with Crippen LogP contribution in [0.25, 0.3) is 0 Å². The predicted molar refractivity (Wildman–Crippen MR) is 75.9 cm³/mol. The summed E-state index contributed by atoms with van der Waals surface area (Å²) < 4.78 is 0. The van der Waals surface area contributed by atoms with Crippen LogP contribution in [0.15, 0.2) is 49.6 Å². The topological polar surface area (TPSA) is 75.4 Å². The fourth-order valence-corrected chi connectivity index (χ4v) is 1.57. The molecule has 0 aliphatic rings. The van der Waals surface area contributed by atoms with E-state index >= 15 is 0 Å². The van der Waals surface area contributed by atoms with Crippen LogP contribution in [0.5, 0.6) is 0 Å². The third-order valence-electron chi connectivity index (χ3n) is 2.39. The lowest BCUT2D eigenvalue weighted by Gasteiger charge is -2.19. The number of carbonyl (C=O) groups excluding carboxylic acids is 2. The Hall–Kier alpha value is -2.56. The normalized spacial score (nSPS) is 9.47. The fraction of sp³-hybridized carbons (Fsp3) is 0.143. The molecule has 1 aromatic carbocycles. The van der Waals surface area contributed by atoms with Crippen LogP contribution >= 0.6 is 0 Å². The van der Waals surface area contributed by atoms with Crippen LogP contribution in [0.3, 0.4) is 0 Å². The second-order valence-corrected chi connectivity index (χ2v) is 3.85. The summed E-state index contributed by atoms with van der Waals surface area (Å²) in [5.41, 5.74) is 6.07. The first-order valence-corrected chi connectivity index (χ1v) is 5.76. The van der Waals surface area contributed by atoms with Crippen molar-refractivity contribution in [2.75, 3.05) is 18.4 Å². The van der Waals surface area contributed by atoms with Crippen LogP contribution in [0.1, 0.15) is 10.4 Å². The maximum atomic E-state index is 12.2. The summed E-state index contributed by atoms with van der Waals surface area (Å²) in [5.74, 6) is -0.120. The van der Waals surface area contributed by atoms with Gasteiger partial charge in [0.15, 0.2) is 0 Å². The first-order valence-electron chi connectivity index (χ1n) is 5.76. The van der Waals surface area contributed by atoms with Gasteiger partial charge in [-0.1, -0.05) is 12.2 Å². The van der Waals surface area contributed by atoms with E-state index in [-0.39, 0.29) is 5.91 Å². The molecule has 0 radical (unpaired) electrons. The van der Waals surface area contributed by atoms with Crippen molar-refractivity contribution in [3.8, 4) is 0 Å². The number of nitrogens with one attached hydrogen (secondary N) is 1. The van der Waals surface area contributed by atoms with Crippen molar-refractivity contribution < 1.29 is 9.59 Å². The lowest BCUT2D eigenvalue weighted by Crippen LogP contribution is -2.31. The van der Waals surface area contributed by atoms with Gasteiger partial charge in [-0.2, -0.15) is 0 Å². The number of nitrogens with zero attached hydrogens (tertiary/aromatic N) is 1. The summed E-state index contributed by atoms with van der Waals surface area (Å²) in [4.78, 5) is 24.5. The van der Waals surface area contributed by atoms with Crippen molar-refractivity contribution in [1.82, 2.24) is 4.90 Å². The second-order valence-electron chi connectivity index (χ2n) is 3.85. The molecule has 0 aliphatic carbocycles. The molecular weight excluding hydrogens is 242 g/mol. The zero-order chi connectivity index (χ0) is 14.3. The van der Waals surface area contributed by atoms with E-state index in [2.05, 4.69) is 18.5 Å². The summed E-state index contributed by atoms with van der Waals surface area (Å²) in [7, 11) is 0. The van der Waals surface area contributed by atoms with Crippen LogP contribution in [-0.2, 0) is 0 Å². The Balaban J connectivity index is 2.83. The van der Waals surface area contributed by atoms with Crippen LogP contribution < -0.4 is 11.1 Å². The van der Waals surface area contributed by atoms with Gasteiger partial charge in [0, 0.05) is 24.3 Å². The molecule has 0 atom stereocenters. The molecule has 0 saturated carbocycles. The van der Waals surface area contributed by atoms with Gasteiger partial charge in [0.1, 0.15) is 0 Å². The first kappa shape index (κ1) is 14.5. The number of anilines is 1.